The summed E-state index contributed by atoms with van der Waals surface area (Å²) in [5.41, 5.74) is 4.42. The lowest BCUT2D eigenvalue weighted by molar-refractivity contribution is -0.384. The van der Waals surface area contributed by atoms with Gasteiger partial charge in [0.15, 0.2) is 5.75 Å². The second-order valence-corrected chi connectivity index (χ2v) is 4.67. The number of nitrogens with one attached hydrogen (secondary N) is 1. The number of non-ortho nitro benzene ring substituents is 1. The van der Waals surface area contributed by atoms with Crippen LogP contribution in [0, 0.1) is 21.4 Å². The molecule has 0 saturated carbocycles. The summed E-state index contributed by atoms with van der Waals surface area (Å²) >= 11 is 11.4. The summed E-state index contributed by atoms with van der Waals surface area (Å²) in [6.07, 6.45) is -4.77. The fraction of sp³-hybridized carbons (Fsp3) is 0.300. The smallest absolute Gasteiger partial charge is 0.401 e. The second-order valence-electron chi connectivity index (χ2n) is 3.86. The van der Waals surface area contributed by atoms with Crippen LogP contribution in [0.4, 0.5) is 18.9 Å². The molecule has 0 heterocycles. The van der Waals surface area contributed by atoms with Gasteiger partial charge in [0.25, 0.3) is 5.69 Å². The van der Waals surface area contributed by atoms with E-state index >= 15 is 0 Å². The van der Waals surface area contributed by atoms with Gasteiger partial charge in [-0.3, -0.25) is 15.5 Å². The molecule has 0 aliphatic rings. The van der Waals surface area contributed by atoms with Crippen LogP contribution in [-0.2, 0) is 0 Å². The normalized spacial score (nSPS) is 12.8. The predicted octanol–water partition coefficient (Wildman–Crippen LogP) is 3.39. The first-order chi connectivity index (χ1) is 9.54. The van der Waals surface area contributed by atoms with E-state index in [1.54, 1.807) is 0 Å². The Labute approximate surface area is 126 Å². The average Bonchev–Trinajstić information content (AvgIpc) is 2.29. The molecule has 3 N–H and O–H groups in total. The van der Waals surface area contributed by atoms with Gasteiger partial charge in [0, 0.05) is 12.1 Å². The lowest BCUT2D eigenvalue weighted by Crippen LogP contribution is -2.39. The van der Waals surface area contributed by atoms with Crippen molar-refractivity contribution in [3.8, 4) is 5.75 Å². The van der Waals surface area contributed by atoms with Gasteiger partial charge in [0.05, 0.1) is 15.0 Å². The average molecular weight is 346 g/mol. The van der Waals surface area contributed by atoms with E-state index in [-0.39, 0.29) is 15.8 Å². The minimum atomic E-state index is -4.77. The maximum atomic E-state index is 12.6. The van der Waals surface area contributed by atoms with Crippen LogP contribution in [0.25, 0.3) is 0 Å². The van der Waals surface area contributed by atoms with Crippen LogP contribution in [0.5, 0.6) is 5.75 Å². The van der Waals surface area contributed by atoms with Gasteiger partial charge in [0.2, 0.25) is 0 Å². The van der Waals surface area contributed by atoms with Gasteiger partial charge in [-0.1, -0.05) is 23.2 Å². The summed E-state index contributed by atoms with van der Waals surface area (Å²) in [7, 11) is 0. The summed E-state index contributed by atoms with van der Waals surface area (Å²) < 4.78 is 42.6. The number of ether oxygens (including phenoxy) is 1. The van der Waals surface area contributed by atoms with Crippen LogP contribution in [0.15, 0.2) is 12.1 Å². The molecule has 0 aromatic heterocycles. The third-order valence-corrected chi connectivity index (χ3v) is 2.92. The summed E-state index contributed by atoms with van der Waals surface area (Å²) in [4.78, 5) is 9.79. The Bertz CT molecular complexity index is 557. The SMILES string of the molecule is N=C(N)C(COc1c(Cl)cc([N+](=O)[O-])cc1Cl)C(F)(F)F. The molecule has 21 heavy (non-hydrogen) atoms. The topological polar surface area (TPSA) is 102 Å². The molecule has 1 aromatic rings. The van der Waals surface area contributed by atoms with Crippen molar-refractivity contribution < 1.29 is 22.8 Å². The van der Waals surface area contributed by atoms with Crippen LogP contribution >= 0.6 is 23.2 Å². The van der Waals surface area contributed by atoms with Gasteiger partial charge >= 0.3 is 6.18 Å². The Morgan fingerprint density at radius 3 is 2.24 bits per heavy atom. The summed E-state index contributed by atoms with van der Waals surface area (Å²) in [6.45, 7) is -1.02. The molecule has 0 saturated heterocycles. The minimum Gasteiger partial charge on any atom is -0.489 e. The maximum absolute atomic E-state index is 12.6. The quantitative estimate of drug-likeness (QED) is 0.369. The maximum Gasteiger partial charge on any atom is 0.401 e. The first-order valence-electron chi connectivity index (χ1n) is 5.21. The number of nitrogens with two attached hydrogens (primary N) is 1. The first-order valence-corrected chi connectivity index (χ1v) is 5.96. The molecular weight excluding hydrogens is 338 g/mol. The number of hydrogen-bond acceptors (Lipinski definition) is 4. The Balaban J connectivity index is 2.99. The molecule has 1 unspecified atom stereocenters. The van der Waals surface area contributed by atoms with Gasteiger partial charge in [-0.15, -0.1) is 0 Å². The van der Waals surface area contributed by atoms with Crippen LogP contribution in [0.3, 0.4) is 0 Å². The molecule has 0 aliphatic carbocycles. The number of hydrogen-bond donors (Lipinski definition) is 2. The highest BCUT2D eigenvalue weighted by Gasteiger charge is 2.42. The molecule has 1 atom stereocenters. The van der Waals surface area contributed by atoms with Gasteiger partial charge < -0.3 is 10.5 Å². The van der Waals surface area contributed by atoms with Crippen molar-refractivity contribution in [2.75, 3.05) is 6.61 Å². The summed E-state index contributed by atoms with van der Waals surface area (Å²) in [5.74, 6) is -3.81. The van der Waals surface area contributed by atoms with Crippen molar-refractivity contribution in [1.82, 2.24) is 0 Å². The fourth-order valence-electron chi connectivity index (χ4n) is 1.32. The van der Waals surface area contributed by atoms with E-state index in [9.17, 15) is 23.3 Å². The van der Waals surface area contributed by atoms with Crippen molar-refractivity contribution in [3.05, 3.63) is 32.3 Å². The van der Waals surface area contributed by atoms with E-state index in [0.29, 0.717) is 0 Å². The third kappa shape index (κ3) is 4.36. The fourth-order valence-corrected chi connectivity index (χ4v) is 1.90. The highest BCUT2D eigenvalue weighted by atomic mass is 35.5. The van der Waals surface area contributed by atoms with Crippen LogP contribution in [0.1, 0.15) is 0 Å². The van der Waals surface area contributed by atoms with E-state index in [4.69, 9.17) is 39.1 Å². The van der Waals surface area contributed by atoms with E-state index in [2.05, 4.69) is 0 Å². The standard InChI is InChI=1S/C10H8Cl2F3N3O3/c11-6-1-4(18(19)20)2-7(12)8(6)21-3-5(9(16)17)10(13,14)15/h1-2,5H,3H2,(H3,16,17). The van der Waals surface area contributed by atoms with Crippen molar-refractivity contribution >= 4 is 34.7 Å². The van der Waals surface area contributed by atoms with Gasteiger partial charge in [-0.2, -0.15) is 13.2 Å². The number of nitro benzene ring substituents is 1. The van der Waals surface area contributed by atoms with Crippen molar-refractivity contribution in [2.45, 2.75) is 6.18 Å². The number of rotatable bonds is 5. The van der Waals surface area contributed by atoms with E-state index in [0.717, 1.165) is 12.1 Å². The predicted molar refractivity (Wildman–Crippen MR) is 70.1 cm³/mol. The molecule has 1 rings (SSSR count). The molecule has 0 radical (unpaired) electrons. The largest absolute Gasteiger partial charge is 0.489 e. The molecule has 0 bridgehead atoms. The van der Waals surface area contributed by atoms with E-state index in [1.807, 2.05) is 0 Å². The van der Waals surface area contributed by atoms with Crippen molar-refractivity contribution in [1.29, 1.82) is 5.41 Å². The Kier molecular flexibility index (Phi) is 5.24. The van der Waals surface area contributed by atoms with Gasteiger partial charge in [-0.05, 0) is 0 Å². The van der Waals surface area contributed by atoms with Crippen molar-refractivity contribution in [3.63, 3.8) is 0 Å². The van der Waals surface area contributed by atoms with Crippen LogP contribution in [-0.4, -0.2) is 23.5 Å². The highest BCUT2D eigenvalue weighted by Crippen LogP contribution is 2.37. The lowest BCUT2D eigenvalue weighted by Gasteiger charge is -2.20. The van der Waals surface area contributed by atoms with Gasteiger partial charge in [-0.25, -0.2) is 0 Å². The lowest BCUT2D eigenvalue weighted by atomic mass is 10.1. The van der Waals surface area contributed by atoms with Crippen LogP contribution in [0.2, 0.25) is 10.0 Å². The van der Waals surface area contributed by atoms with Crippen molar-refractivity contribution in [2.24, 2.45) is 11.7 Å². The Morgan fingerprint density at radius 1 is 1.43 bits per heavy atom. The van der Waals surface area contributed by atoms with E-state index in [1.165, 1.54) is 0 Å². The van der Waals surface area contributed by atoms with E-state index < -0.39 is 35.1 Å². The second kappa shape index (κ2) is 6.35. The van der Waals surface area contributed by atoms with Gasteiger partial charge in [0.1, 0.15) is 18.4 Å². The zero-order valence-electron chi connectivity index (χ0n) is 10.1. The molecule has 11 heteroatoms. The Morgan fingerprint density at radius 2 is 1.90 bits per heavy atom. The number of nitro groups is 1. The molecule has 0 spiro atoms. The number of benzene rings is 1. The molecular formula is C10H8Cl2F3N3O3. The monoisotopic (exact) mass is 345 g/mol. The molecule has 6 nitrogen and oxygen atoms in total. The number of amidine groups is 1. The molecule has 0 aliphatic heterocycles. The molecule has 1 aromatic carbocycles. The minimum absolute atomic E-state index is 0.321. The third-order valence-electron chi connectivity index (χ3n) is 2.36. The Hall–Kier alpha value is -1.74. The zero-order chi connectivity index (χ0) is 16.4. The highest BCUT2D eigenvalue weighted by molar-refractivity contribution is 6.37. The zero-order valence-corrected chi connectivity index (χ0v) is 11.6. The summed E-state index contributed by atoms with van der Waals surface area (Å²) in [6, 6.07) is 1.78. The molecule has 116 valence electrons. The van der Waals surface area contributed by atoms with Crippen LogP contribution < -0.4 is 10.5 Å². The summed E-state index contributed by atoms with van der Waals surface area (Å²) in [5, 5.41) is 16.8. The molecule has 0 fully saturated rings. The first kappa shape index (κ1) is 17.3. The number of alkyl halides is 3. The molecule has 0 amide bonds. The number of halogens is 5. The number of nitrogens with zero attached hydrogens (tertiary/aromatic N) is 1.